The predicted molar refractivity (Wildman–Crippen MR) is 136 cm³/mol. The van der Waals surface area contributed by atoms with Crippen LogP contribution in [0.4, 0.5) is 0 Å². The summed E-state index contributed by atoms with van der Waals surface area (Å²) in [5, 5.41) is 17.8. The first kappa shape index (κ1) is 24.4. The van der Waals surface area contributed by atoms with Crippen LogP contribution in [0.3, 0.4) is 0 Å². The van der Waals surface area contributed by atoms with Crippen LogP contribution in [0.15, 0.2) is 22.5 Å². The van der Waals surface area contributed by atoms with Crippen molar-refractivity contribution in [1.29, 1.82) is 0 Å². The van der Waals surface area contributed by atoms with Gasteiger partial charge in [-0.2, -0.15) is 0 Å². The van der Waals surface area contributed by atoms with E-state index in [4.69, 9.17) is 9.73 Å². The van der Waals surface area contributed by atoms with Crippen molar-refractivity contribution in [2.45, 2.75) is 76.5 Å². The molecule has 3 heterocycles. The normalized spacial score (nSPS) is 21.0. The number of aryl methyl sites for hydroxylation is 1. The van der Waals surface area contributed by atoms with Gasteiger partial charge in [0, 0.05) is 31.1 Å². The standard InChI is InChI=1S/C22H34N6OS.HI/c1-17-26-27-20(28(17)2)16-24-21(23-12-8-19-7-6-14-30-19)25-18-9-13-29-22(15-18)10-4-3-5-11-22;/h6-7,14,18H,3-5,8-13,15-16H2,1-2H3,(H2,23,24,25);1H. The van der Waals surface area contributed by atoms with Crippen molar-refractivity contribution in [2.24, 2.45) is 12.0 Å². The van der Waals surface area contributed by atoms with Crippen molar-refractivity contribution in [2.75, 3.05) is 13.2 Å². The van der Waals surface area contributed by atoms with Crippen molar-refractivity contribution < 1.29 is 4.74 Å². The third-order valence-electron chi connectivity index (χ3n) is 6.40. The number of ether oxygens (including phenoxy) is 1. The summed E-state index contributed by atoms with van der Waals surface area (Å²) in [5.41, 5.74) is 0.0803. The molecule has 2 N–H and O–H groups in total. The number of halogens is 1. The largest absolute Gasteiger partial charge is 0.375 e. The molecule has 4 rings (SSSR count). The van der Waals surface area contributed by atoms with Crippen LogP contribution in [0.5, 0.6) is 0 Å². The molecule has 2 aromatic heterocycles. The molecular weight excluding hydrogens is 523 g/mol. The van der Waals surface area contributed by atoms with Crippen molar-refractivity contribution in [1.82, 2.24) is 25.4 Å². The predicted octanol–water partition coefficient (Wildman–Crippen LogP) is 3.96. The number of hydrogen-bond donors (Lipinski definition) is 2. The van der Waals surface area contributed by atoms with Crippen LogP contribution in [0.25, 0.3) is 0 Å². The Bertz CT molecular complexity index is 826. The van der Waals surface area contributed by atoms with Crippen LogP contribution < -0.4 is 10.6 Å². The minimum Gasteiger partial charge on any atom is -0.375 e. The zero-order valence-corrected chi connectivity index (χ0v) is 21.7. The van der Waals surface area contributed by atoms with Crippen LogP contribution >= 0.6 is 35.3 Å². The highest BCUT2D eigenvalue weighted by Gasteiger charge is 2.38. The maximum atomic E-state index is 6.28. The average Bonchev–Trinajstić information content (AvgIpc) is 3.37. The fraction of sp³-hybridized carbons (Fsp3) is 0.682. The number of nitrogens with zero attached hydrogens (tertiary/aromatic N) is 4. The Morgan fingerprint density at radius 1 is 1.32 bits per heavy atom. The third kappa shape index (κ3) is 6.64. The molecule has 1 aliphatic carbocycles. The SMILES string of the molecule is Cc1nnc(CN=C(NCCc2cccs2)NC2CCOC3(CCCCC3)C2)n1C.I. The van der Waals surface area contributed by atoms with E-state index >= 15 is 0 Å². The van der Waals surface area contributed by atoms with E-state index in [2.05, 4.69) is 38.3 Å². The Balaban J connectivity index is 0.00000272. The van der Waals surface area contributed by atoms with Crippen LogP contribution in [-0.2, 0) is 24.8 Å². The second-order valence-electron chi connectivity index (χ2n) is 8.57. The van der Waals surface area contributed by atoms with Crippen LogP contribution in [0, 0.1) is 6.92 Å². The average molecular weight is 559 g/mol. The Morgan fingerprint density at radius 3 is 2.87 bits per heavy atom. The lowest BCUT2D eigenvalue weighted by Crippen LogP contribution is -2.52. The molecule has 1 saturated heterocycles. The zero-order chi connectivity index (χ0) is 20.8. The number of thiophene rings is 1. The monoisotopic (exact) mass is 558 g/mol. The van der Waals surface area contributed by atoms with Gasteiger partial charge in [0.25, 0.3) is 0 Å². The minimum atomic E-state index is 0. The molecule has 0 aromatic carbocycles. The van der Waals surface area contributed by atoms with E-state index in [1.807, 2.05) is 18.5 Å². The Labute approximate surface area is 206 Å². The molecule has 172 valence electrons. The summed E-state index contributed by atoms with van der Waals surface area (Å²) < 4.78 is 8.27. The molecule has 1 atom stereocenters. The van der Waals surface area contributed by atoms with Crippen LogP contribution in [-0.4, -0.2) is 45.5 Å². The van der Waals surface area contributed by atoms with Gasteiger partial charge < -0.3 is 19.9 Å². The van der Waals surface area contributed by atoms with Gasteiger partial charge in [-0.3, -0.25) is 0 Å². The summed E-state index contributed by atoms with van der Waals surface area (Å²) in [7, 11) is 1.99. The molecule has 9 heteroatoms. The number of aliphatic imine (C=N–C) groups is 1. The quantitative estimate of drug-likeness (QED) is 0.319. The van der Waals surface area contributed by atoms with Crippen LogP contribution in [0.2, 0.25) is 0 Å². The third-order valence-corrected chi connectivity index (χ3v) is 7.34. The Hall–Kier alpha value is -1.20. The van der Waals surface area contributed by atoms with Gasteiger partial charge in [-0.1, -0.05) is 25.3 Å². The number of aromatic nitrogens is 3. The molecule has 2 fully saturated rings. The second-order valence-corrected chi connectivity index (χ2v) is 9.60. The van der Waals surface area contributed by atoms with Gasteiger partial charge in [-0.05, 0) is 50.5 Å². The Morgan fingerprint density at radius 2 is 2.16 bits per heavy atom. The van der Waals surface area contributed by atoms with Gasteiger partial charge in [0.05, 0.1) is 5.60 Å². The minimum absolute atomic E-state index is 0. The van der Waals surface area contributed by atoms with Gasteiger partial charge in [0.2, 0.25) is 0 Å². The molecule has 1 saturated carbocycles. The highest BCUT2D eigenvalue weighted by molar-refractivity contribution is 14.0. The van der Waals surface area contributed by atoms with E-state index in [1.54, 1.807) is 11.3 Å². The van der Waals surface area contributed by atoms with E-state index in [1.165, 1.54) is 37.0 Å². The summed E-state index contributed by atoms with van der Waals surface area (Å²) in [4.78, 5) is 6.24. The van der Waals surface area contributed by atoms with E-state index < -0.39 is 0 Å². The first-order valence-electron chi connectivity index (χ1n) is 11.2. The number of rotatable bonds is 6. The summed E-state index contributed by atoms with van der Waals surface area (Å²) in [6.45, 7) is 4.17. The fourth-order valence-corrected chi connectivity index (χ4v) is 5.25. The lowest BCUT2D eigenvalue weighted by Gasteiger charge is -2.44. The van der Waals surface area contributed by atoms with E-state index in [0.29, 0.717) is 12.6 Å². The van der Waals surface area contributed by atoms with Gasteiger partial charge in [0.15, 0.2) is 11.8 Å². The molecule has 7 nitrogen and oxygen atoms in total. The Kier molecular flexibility index (Phi) is 9.15. The van der Waals surface area contributed by atoms with Crippen molar-refractivity contribution >= 4 is 41.3 Å². The van der Waals surface area contributed by atoms with Gasteiger partial charge in [-0.25, -0.2) is 4.99 Å². The maximum absolute atomic E-state index is 6.28. The van der Waals surface area contributed by atoms with Gasteiger partial charge in [0.1, 0.15) is 12.4 Å². The lowest BCUT2D eigenvalue weighted by atomic mass is 9.78. The smallest absolute Gasteiger partial charge is 0.191 e. The number of nitrogens with one attached hydrogen (secondary N) is 2. The highest BCUT2D eigenvalue weighted by atomic mass is 127. The maximum Gasteiger partial charge on any atom is 0.191 e. The molecule has 2 aromatic rings. The number of hydrogen-bond acceptors (Lipinski definition) is 5. The zero-order valence-electron chi connectivity index (χ0n) is 18.6. The lowest BCUT2D eigenvalue weighted by molar-refractivity contribution is -0.107. The molecule has 1 spiro atoms. The van der Waals surface area contributed by atoms with Crippen molar-refractivity contribution in [3.05, 3.63) is 34.0 Å². The molecule has 0 amide bonds. The summed E-state index contributed by atoms with van der Waals surface area (Å²) in [6.07, 6.45) is 9.41. The van der Waals surface area contributed by atoms with Crippen LogP contribution in [0.1, 0.15) is 61.5 Å². The molecule has 31 heavy (non-hydrogen) atoms. The molecule has 1 aliphatic heterocycles. The van der Waals surface area contributed by atoms with Gasteiger partial charge in [-0.15, -0.1) is 45.5 Å². The van der Waals surface area contributed by atoms with E-state index in [0.717, 1.165) is 50.0 Å². The summed E-state index contributed by atoms with van der Waals surface area (Å²) in [6, 6.07) is 4.69. The first-order chi connectivity index (χ1) is 14.6. The van der Waals surface area contributed by atoms with Crippen molar-refractivity contribution in [3.8, 4) is 0 Å². The molecular formula is C22H35IN6OS. The molecule has 0 bridgehead atoms. The van der Waals surface area contributed by atoms with E-state index in [-0.39, 0.29) is 29.6 Å². The molecule has 0 radical (unpaired) electrons. The number of guanidine groups is 1. The molecule has 2 aliphatic rings. The topological polar surface area (TPSA) is 76.4 Å². The highest BCUT2D eigenvalue weighted by Crippen LogP contribution is 2.38. The van der Waals surface area contributed by atoms with Gasteiger partial charge >= 0.3 is 0 Å². The van der Waals surface area contributed by atoms with E-state index in [9.17, 15) is 0 Å². The second kappa shape index (κ2) is 11.6. The van der Waals surface area contributed by atoms with Crippen molar-refractivity contribution in [3.63, 3.8) is 0 Å². The summed E-state index contributed by atoms with van der Waals surface area (Å²) in [5.74, 6) is 2.65. The first-order valence-corrected chi connectivity index (χ1v) is 12.1. The summed E-state index contributed by atoms with van der Waals surface area (Å²) >= 11 is 1.80. The fourth-order valence-electron chi connectivity index (χ4n) is 4.54. The molecule has 1 unspecified atom stereocenters.